The van der Waals surface area contributed by atoms with Crippen LogP contribution in [0.2, 0.25) is 0 Å². The number of carbonyl (C=O) groups excluding carboxylic acids is 2. The van der Waals surface area contributed by atoms with E-state index in [2.05, 4.69) is 0 Å². The second-order valence-corrected chi connectivity index (χ2v) is 6.51. The zero-order valence-electron chi connectivity index (χ0n) is 12.2. The molecule has 7 nitrogen and oxygen atoms in total. The van der Waals surface area contributed by atoms with Crippen LogP contribution in [0.25, 0.3) is 0 Å². The summed E-state index contributed by atoms with van der Waals surface area (Å²) in [6.45, 7) is 1.08. The number of sulfonamides is 1. The van der Waals surface area contributed by atoms with E-state index in [0.717, 1.165) is 13.0 Å². The highest BCUT2D eigenvalue weighted by Crippen LogP contribution is 2.31. The molecule has 12 heteroatoms. The Morgan fingerprint density at radius 2 is 1.75 bits per heavy atom. The van der Waals surface area contributed by atoms with Gasteiger partial charge < -0.3 is 10.4 Å². The topological polar surface area (TPSA) is 113 Å². The normalized spacial score (nSPS) is 14.6. The third-order valence-electron chi connectivity index (χ3n) is 2.77. The molecule has 0 saturated heterocycles. The first-order valence-corrected chi connectivity index (χ1v) is 7.60. The molecule has 0 aliphatic carbocycles. The maximum Gasteiger partial charge on any atom is 0.426 e. The molecular formula is C12H12F4N2O5S. The minimum atomic E-state index is -5.30. The van der Waals surface area contributed by atoms with Crippen LogP contribution >= 0.6 is 0 Å². The molecular weight excluding hydrogens is 360 g/mol. The zero-order chi connectivity index (χ0) is 18.9. The lowest BCUT2D eigenvalue weighted by Crippen LogP contribution is -2.52. The average Bonchev–Trinajstić information content (AvgIpc) is 2.37. The van der Waals surface area contributed by atoms with Crippen molar-refractivity contribution in [1.82, 2.24) is 4.72 Å². The van der Waals surface area contributed by atoms with Gasteiger partial charge >= 0.3 is 6.18 Å². The zero-order valence-corrected chi connectivity index (χ0v) is 13.0. The molecule has 0 heterocycles. The van der Waals surface area contributed by atoms with Crippen LogP contribution in [0, 0.1) is 5.82 Å². The summed E-state index contributed by atoms with van der Waals surface area (Å²) in [4.78, 5) is 21.5. The molecule has 1 rings (SSSR count). The molecule has 1 atom stereocenters. The molecule has 24 heavy (non-hydrogen) atoms. The fourth-order valence-corrected chi connectivity index (χ4v) is 2.39. The fraction of sp³-hybridized carbons (Fsp3) is 0.333. The van der Waals surface area contributed by atoms with Gasteiger partial charge in [0.05, 0.1) is 10.6 Å². The van der Waals surface area contributed by atoms with Crippen LogP contribution in [0.4, 0.5) is 23.2 Å². The molecule has 0 radical (unpaired) electrons. The van der Waals surface area contributed by atoms with Crippen molar-refractivity contribution in [2.75, 3.05) is 5.32 Å². The molecule has 134 valence electrons. The van der Waals surface area contributed by atoms with E-state index < -0.39 is 50.0 Å². The largest absolute Gasteiger partial charge is 0.426 e. The van der Waals surface area contributed by atoms with Crippen LogP contribution in [0.15, 0.2) is 23.1 Å². The monoisotopic (exact) mass is 372 g/mol. The summed E-state index contributed by atoms with van der Waals surface area (Å²) in [6, 6.07) is 1.82. The highest BCUT2D eigenvalue weighted by molar-refractivity contribution is 7.90. The van der Waals surface area contributed by atoms with E-state index in [0.29, 0.717) is 12.1 Å². The number of hydrogen-bond acceptors (Lipinski definition) is 5. The quantitative estimate of drug-likeness (QED) is 0.680. The van der Waals surface area contributed by atoms with Crippen molar-refractivity contribution in [3.8, 4) is 0 Å². The van der Waals surface area contributed by atoms with E-state index in [1.54, 1.807) is 4.72 Å². The average molecular weight is 372 g/mol. The van der Waals surface area contributed by atoms with E-state index in [-0.39, 0.29) is 6.92 Å². The van der Waals surface area contributed by atoms with Crippen molar-refractivity contribution in [3.63, 3.8) is 0 Å². The van der Waals surface area contributed by atoms with Crippen molar-refractivity contribution in [2.45, 2.75) is 30.5 Å². The van der Waals surface area contributed by atoms with Gasteiger partial charge in [-0.15, -0.1) is 0 Å². The van der Waals surface area contributed by atoms with E-state index in [4.69, 9.17) is 5.11 Å². The number of rotatable bonds is 4. The Labute approximate surface area is 133 Å². The Morgan fingerprint density at radius 3 is 2.17 bits per heavy atom. The third kappa shape index (κ3) is 4.20. The third-order valence-corrected chi connectivity index (χ3v) is 4.20. The van der Waals surface area contributed by atoms with Crippen molar-refractivity contribution in [1.29, 1.82) is 0 Å². The first-order chi connectivity index (χ1) is 10.7. The molecule has 0 unspecified atom stereocenters. The van der Waals surface area contributed by atoms with Crippen LogP contribution in [0.1, 0.15) is 13.8 Å². The number of nitrogens with one attached hydrogen (secondary N) is 2. The molecule has 2 amide bonds. The van der Waals surface area contributed by atoms with Crippen LogP contribution in [-0.4, -0.2) is 37.1 Å². The molecule has 0 aliphatic heterocycles. The smallest absolute Gasteiger partial charge is 0.373 e. The van der Waals surface area contributed by atoms with E-state index >= 15 is 0 Å². The highest BCUT2D eigenvalue weighted by atomic mass is 32.2. The van der Waals surface area contributed by atoms with Gasteiger partial charge in [0, 0.05) is 6.92 Å². The minimum Gasteiger partial charge on any atom is -0.373 e. The van der Waals surface area contributed by atoms with E-state index in [9.17, 15) is 35.6 Å². The Kier molecular flexibility index (Phi) is 5.25. The molecule has 1 aromatic carbocycles. The number of benzene rings is 1. The summed E-state index contributed by atoms with van der Waals surface area (Å²) in [7, 11) is -4.36. The molecule has 0 aliphatic rings. The fourth-order valence-electron chi connectivity index (χ4n) is 1.39. The van der Waals surface area contributed by atoms with Crippen molar-refractivity contribution >= 4 is 27.5 Å². The van der Waals surface area contributed by atoms with Gasteiger partial charge in [0.25, 0.3) is 15.9 Å². The SMILES string of the molecule is CC(=O)NS(=O)(=O)c1ccc(NC(=O)[C@@](C)(O)C(F)(F)F)c(F)c1. The van der Waals surface area contributed by atoms with Gasteiger partial charge in [-0.25, -0.2) is 17.5 Å². The standard InChI is InChI=1S/C12H12F4N2O5S/c1-6(19)18-24(22,23)7-3-4-9(8(13)5-7)17-10(20)11(2,21)12(14,15)16/h3-5,21H,1-2H3,(H,17,20)(H,18,19)/t11-/m1/s1. The van der Waals surface area contributed by atoms with Crippen molar-refractivity contribution in [3.05, 3.63) is 24.0 Å². The summed E-state index contributed by atoms with van der Waals surface area (Å²) < 4.78 is 76.2. The number of anilines is 1. The Bertz CT molecular complexity index is 774. The highest BCUT2D eigenvalue weighted by Gasteiger charge is 2.55. The van der Waals surface area contributed by atoms with Gasteiger partial charge in [0.2, 0.25) is 11.5 Å². The van der Waals surface area contributed by atoms with Gasteiger partial charge in [0.1, 0.15) is 5.82 Å². The summed E-state index contributed by atoms with van der Waals surface area (Å²) in [5.74, 6) is -4.27. The summed E-state index contributed by atoms with van der Waals surface area (Å²) >= 11 is 0. The van der Waals surface area contributed by atoms with Gasteiger partial charge in [0.15, 0.2) is 0 Å². The number of carbonyl (C=O) groups is 2. The van der Waals surface area contributed by atoms with Gasteiger partial charge in [-0.2, -0.15) is 13.2 Å². The summed E-state index contributed by atoms with van der Waals surface area (Å²) in [6.07, 6.45) is -5.30. The number of alkyl halides is 3. The lowest BCUT2D eigenvalue weighted by molar-refractivity contribution is -0.242. The van der Waals surface area contributed by atoms with Crippen LogP contribution < -0.4 is 10.0 Å². The molecule has 0 fully saturated rings. The molecule has 0 spiro atoms. The van der Waals surface area contributed by atoms with Gasteiger partial charge in [-0.3, -0.25) is 9.59 Å². The second-order valence-electron chi connectivity index (χ2n) is 4.83. The number of hydrogen-bond donors (Lipinski definition) is 3. The van der Waals surface area contributed by atoms with Crippen molar-refractivity contribution < 1.29 is 40.7 Å². The first-order valence-electron chi connectivity index (χ1n) is 6.12. The predicted octanol–water partition coefficient (Wildman–Crippen LogP) is 0.902. The maximum absolute atomic E-state index is 13.8. The predicted molar refractivity (Wildman–Crippen MR) is 72.7 cm³/mol. The summed E-state index contributed by atoms with van der Waals surface area (Å²) in [5.41, 5.74) is -4.56. The van der Waals surface area contributed by atoms with Gasteiger partial charge in [-0.05, 0) is 25.1 Å². The van der Waals surface area contributed by atoms with E-state index in [1.807, 2.05) is 0 Å². The maximum atomic E-state index is 13.8. The molecule has 0 saturated carbocycles. The van der Waals surface area contributed by atoms with Gasteiger partial charge in [-0.1, -0.05) is 0 Å². The molecule has 0 bridgehead atoms. The van der Waals surface area contributed by atoms with Crippen LogP contribution in [0.3, 0.4) is 0 Å². The molecule has 3 N–H and O–H groups in total. The molecule has 0 aromatic heterocycles. The first kappa shape index (κ1) is 19.8. The lowest BCUT2D eigenvalue weighted by Gasteiger charge is -2.25. The second kappa shape index (κ2) is 6.36. The lowest BCUT2D eigenvalue weighted by atomic mass is 10.1. The molecule has 1 aromatic rings. The Hall–Kier alpha value is -2.21. The number of amides is 2. The van der Waals surface area contributed by atoms with Crippen LogP contribution in [-0.2, 0) is 19.6 Å². The van der Waals surface area contributed by atoms with Crippen LogP contribution in [0.5, 0.6) is 0 Å². The van der Waals surface area contributed by atoms with Crippen molar-refractivity contribution in [2.24, 2.45) is 0 Å². The van der Waals surface area contributed by atoms with E-state index in [1.165, 1.54) is 5.32 Å². The minimum absolute atomic E-state index is 0.176. The Morgan fingerprint density at radius 1 is 1.21 bits per heavy atom. The summed E-state index contributed by atoms with van der Waals surface area (Å²) in [5, 5.41) is 10.7. The Balaban J connectivity index is 3.10. The number of halogens is 4. The number of aliphatic hydroxyl groups is 1.